The molecule has 1 amide bonds. The first-order valence-electron chi connectivity index (χ1n) is 7.17. The van der Waals surface area contributed by atoms with Crippen molar-refractivity contribution < 1.29 is 9.53 Å². The summed E-state index contributed by atoms with van der Waals surface area (Å²) in [5.74, 6) is 0. The first-order valence-corrected chi connectivity index (χ1v) is 7.17. The fraction of sp³-hybridized carbons (Fsp3) is 0.933. The molecule has 0 bridgehead atoms. The first kappa shape index (κ1) is 13.7. The van der Waals surface area contributed by atoms with E-state index >= 15 is 0 Å². The zero-order chi connectivity index (χ0) is 13.8. The van der Waals surface area contributed by atoms with Crippen molar-refractivity contribution in [2.45, 2.75) is 60.4 Å². The Kier molecular flexibility index (Phi) is 2.95. The number of hydrogen-bond donors (Lipinski definition) is 0. The minimum absolute atomic E-state index is 0.117. The summed E-state index contributed by atoms with van der Waals surface area (Å²) in [6.07, 6.45) is 2.10. The van der Waals surface area contributed by atoms with Crippen molar-refractivity contribution in [3.05, 3.63) is 0 Å². The second kappa shape index (κ2) is 3.88. The SMILES string of the molecule is CCC1(C)C2COC(=O)N2CC(C)(C)C1(C)CC. The van der Waals surface area contributed by atoms with Crippen LogP contribution >= 0.6 is 0 Å². The van der Waals surface area contributed by atoms with Crippen LogP contribution in [0.3, 0.4) is 0 Å². The first-order chi connectivity index (χ1) is 8.23. The summed E-state index contributed by atoms with van der Waals surface area (Å²) < 4.78 is 5.32. The highest BCUT2D eigenvalue weighted by Gasteiger charge is 2.63. The Balaban J connectivity index is 2.52. The lowest BCUT2D eigenvalue weighted by Crippen LogP contribution is -2.66. The van der Waals surface area contributed by atoms with Crippen molar-refractivity contribution in [2.24, 2.45) is 16.2 Å². The predicted octanol–water partition coefficient (Wildman–Crippen LogP) is 3.68. The molecule has 0 saturated carbocycles. The standard InChI is InChI=1S/C15H27NO2/c1-7-14(5)11-9-18-12(17)16(11)10-13(3,4)15(14,6)8-2/h11H,7-10H2,1-6H3. The van der Waals surface area contributed by atoms with Crippen molar-refractivity contribution in [1.29, 1.82) is 0 Å². The van der Waals surface area contributed by atoms with E-state index in [1.54, 1.807) is 0 Å². The van der Waals surface area contributed by atoms with Crippen LogP contribution in [0.25, 0.3) is 0 Å². The summed E-state index contributed by atoms with van der Waals surface area (Å²) in [5.41, 5.74) is 0.464. The molecular weight excluding hydrogens is 226 g/mol. The average molecular weight is 253 g/mol. The molecule has 0 aromatic carbocycles. The molecule has 3 atom stereocenters. The van der Waals surface area contributed by atoms with Gasteiger partial charge in [-0.05, 0) is 29.1 Å². The molecule has 0 aliphatic carbocycles. The van der Waals surface area contributed by atoms with Crippen molar-refractivity contribution in [3.8, 4) is 0 Å². The molecule has 0 N–H and O–H groups in total. The molecule has 2 saturated heterocycles. The van der Waals surface area contributed by atoms with Crippen molar-refractivity contribution >= 4 is 6.09 Å². The lowest BCUT2D eigenvalue weighted by Gasteiger charge is -2.63. The van der Waals surface area contributed by atoms with Crippen LogP contribution in [0.4, 0.5) is 4.79 Å². The van der Waals surface area contributed by atoms with Gasteiger partial charge in [0, 0.05) is 6.54 Å². The summed E-state index contributed by atoms with van der Waals surface area (Å²) in [7, 11) is 0. The number of amides is 1. The minimum Gasteiger partial charge on any atom is -0.447 e. The van der Waals surface area contributed by atoms with Crippen LogP contribution in [0.15, 0.2) is 0 Å². The van der Waals surface area contributed by atoms with Crippen molar-refractivity contribution in [2.75, 3.05) is 13.2 Å². The number of nitrogens with zero attached hydrogens (tertiary/aromatic N) is 1. The van der Waals surface area contributed by atoms with Gasteiger partial charge in [-0.1, -0.05) is 41.5 Å². The van der Waals surface area contributed by atoms with Gasteiger partial charge < -0.3 is 9.64 Å². The maximum Gasteiger partial charge on any atom is 0.410 e. The number of rotatable bonds is 2. The van der Waals surface area contributed by atoms with Gasteiger partial charge in [0.25, 0.3) is 0 Å². The lowest BCUT2D eigenvalue weighted by molar-refractivity contribution is -0.142. The topological polar surface area (TPSA) is 29.5 Å². The minimum atomic E-state index is -0.120. The van der Waals surface area contributed by atoms with Gasteiger partial charge in [0.2, 0.25) is 0 Å². The molecule has 3 heteroatoms. The molecule has 2 aliphatic rings. The molecule has 2 aliphatic heterocycles. The maximum atomic E-state index is 11.9. The second-order valence-electron chi connectivity index (χ2n) is 7.06. The number of carbonyl (C=O) groups excluding carboxylic acids is 1. The van der Waals surface area contributed by atoms with E-state index < -0.39 is 0 Å². The molecule has 2 heterocycles. The molecule has 2 rings (SSSR count). The Bertz CT molecular complexity index is 366. The van der Waals surface area contributed by atoms with Crippen molar-refractivity contribution in [3.63, 3.8) is 0 Å². The maximum absolute atomic E-state index is 11.9. The lowest BCUT2D eigenvalue weighted by atomic mass is 9.46. The van der Waals surface area contributed by atoms with Crippen LogP contribution in [-0.4, -0.2) is 30.2 Å². The summed E-state index contributed by atoms with van der Waals surface area (Å²) in [6, 6.07) is 0.243. The van der Waals surface area contributed by atoms with Crippen molar-refractivity contribution in [1.82, 2.24) is 4.90 Å². The number of hydrogen-bond acceptors (Lipinski definition) is 2. The predicted molar refractivity (Wildman–Crippen MR) is 72.4 cm³/mol. The van der Waals surface area contributed by atoms with E-state index in [9.17, 15) is 4.79 Å². The molecule has 3 nitrogen and oxygen atoms in total. The van der Waals surface area contributed by atoms with E-state index in [0.717, 1.165) is 19.4 Å². The number of cyclic esters (lactones) is 1. The number of ether oxygens (including phenoxy) is 1. The highest BCUT2D eigenvalue weighted by atomic mass is 16.6. The fourth-order valence-corrected chi connectivity index (χ4v) is 4.40. The van der Waals surface area contributed by atoms with Gasteiger partial charge in [-0.25, -0.2) is 4.79 Å². The van der Waals surface area contributed by atoms with E-state index in [4.69, 9.17) is 4.74 Å². The van der Waals surface area contributed by atoms with Gasteiger partial charge in [-0.2, -0.15) is 0 Å². The van der Waals surface area contributed by atoms with E-state index in [0.29, 0.717) is 6.61 Å². The van der Waals surface area contributed by atoms with Crippen LogP contribution in [0.5, 0.6) is 0 Å². The third-order valence-corrected chi connectivity index (χ3v) is 6.47. The van der Waals surface area contributed by atoms with Gasteiger partial charge in [0.1, 0.15) is 6.61 Å². The van der Waals surface area contributed by atoms with Crippen LogP contribution in [0.2, 0.25) is 0 Å². The molecule has 0 spiro atoms. The third-order valence-electron chi connectivity index (χ3n) is 6.47. The molecule has 0 radical (unpaired) electrons. The summed E-state index contributed by atoms with van der Waals surface area (Å²) >= 11 is 0. The quantitative estimate of drug-likeness (QED) is 0.751. The number of piperidine rings is 1. The molecule has 0 aromatic heterocycles. The van der Waals surface area contributed by atoms with Gasteiger partial charge >= 0.3 is 6.09 Å². The summed E-state index contributed by atoms with van der Waals surface area (Å²) in [4.78, 5) is 13.9. The Morgan fingerprint density at radius 2 is 1.83 bits per heavy atom. The fourth-order valence-electron chi connectivity index (χ4n) is 4.40. The molecule has 18 heavy (non-hydrogen) atoms. The smallest absolute Gasteiger partial charge is 0.410 e. The Labute approximate surface area is 111 Å². The van der Waals surface area contributed by atoms with Crippen LogP contribution in [0, 0.1) is 16.2 Å². The molecule has 0 aromatic rings. The Morgan fingerprint density at radius 1 is 1.22 bits per heavy atom. The molecule has 2 fully saturated rings. The zero-order valence-electron chi connectivity index (χ0n) is 12.7. The summed E-state index contributed by atoms with van der Waals surface area (Å²) in [5, 5.41) is 0. The molecule has 104 valence electrons. The monoisotopic (exact) mass is 253 g/mol. The zero-order valence-corrected chi connectivity index (χ0v) is 12.7. The average Bonchev–Trinajstić information content (AvgIpc) is 2.67. The van der Waals surface area contributed by atoms with E-state index in [1.165, 1.54) is 0 Å². The van der Waals surface area contributed by atoms with E-state index in [-0.39, 0.29) is 28.4 Å². The summed E-state index contributed by atoms with van der Waals surface area (Å²) in [6.45, 7) is 15.2. The van der Waals surface area contributed by atoms with Gasteiger partial charge in [-0.3, -0.25) is 0 Å². The third kappa shape index (κ3) is 1.39. The largest absolute Gasteiger partial charge is 0.447 e. The van der Waals surface area contributed by atoms with Crippen LogP contribution < -0.4 is 0 Å². The normalized spacial score (nSPS) is 42.7. The molecular formula is C15H27NO2. The second-order valence-corrected chi connectivity index (χ2v) is 7.06. The highest BCUT2D eigenvalue weighted by molar-refractivity contribution is 5.70. The Morgan fingerprint density at radius 3 is 2.33 bits per heavy atom. The van der Waals surface area contributed by atoms with Crippen LogP contribution in [0.1, 0.15) is 54.4 Å². The molecule has 3 unspecified atom stereocenters. The number of fused-ring (bicyclic) bond motifs is 1. The van der Waals surface area contributed by atoms with Gasteiger partial charge in [0.15, 0.2) is 0 Å². The van der Waals surface area contributed by atoms with Gasteiger partial charge in [-0.15, -0.1) is 0 Å². The highest BCUT2D eigenvalue weighted by Crippen LogP contribution is 2.62. The van der Waals surface area contributed by atoms with Crippen LogP contribution in [-0.2, 0) is 4.74 Å². The Hall–Kier alpha value is -0.730. The number of carbonyl (C=O) groups is 1. The van der Waals surface area contributed by atoms with E-state index in [1.807, 2.05) is 4.90 Å². The van der Waals surface area contributed by atoms with E-state index in [2.05, 4.69) is 41.5 Å². The van der Waals surface area contributed by atoms with Gasteiger partial charge in [0.05, 0.1) is 6.04 Å².